The fourth-order valence-corrected chi connectivity index (χ4v) is 7.08. The Morgan fingerprint density at radius 2 is 1.80 bits per heavy atom. The Labute approximate surface area is 275 Å². The molecule has 2 amide bonds. The van der Waals surface area contributed by atoms with Gasteiger partial charge in [-0.1, -0.05) is 65.7 Å². The summed E-state index contributed by atoms with van der Waals surface area (Å²) in [6.07, 6.45) is 0. The summed E-state index contributed by atoms with van der Waals surface area (Å²) in [5, 5.41) is 15.4. The lowest BCUT2D eigenvalue weighted by atomic mass is 9.71. The largest absolute Gasteiger partial charge is 0.494 e. The molecule has 0 aromatic heterocycles. The number of fused-ring (bicyclic) bond motifs is 2. The van der Waals surface area contributed by atoms with E-state index in [1.54, 1.807) is 42.5 Å². The number of ether oxygens (including phenoxy) is 1. The van der Waals surface area contributed by atoms with Gasteiger partial charge in [-0.25, -0.2) is 9.18 Å². The van der Waals surface area contributed by atoms with E-state index in [-0.39, 0.29) is 35.8 Å². The molecule has 0 aliphatic carbocycles. The predicted octanol–water partition coefficient (Wildman–Crippen LogP) is 6.61. The van der Waals surface area contributed by atoms with Crippen LogP contribution in [0.3, 0.4) is 0 Å². The molecule has 3 N–H and O–H groups in total. The second-order valence-corrected chi connectivity index (χ2v) is 12.2. The highest BCUT2D eigenvalue weighted by molar-refractivity contribution is 6.31. The van der Waals surface area contributed by atoms with Crippen molar-refractivity contribution >= 4 is 46.7 Å². The molecule has 4 aromatic rings. The number of amides is 2. The molecule has 1 saturated heterocycles. The van der Waals surface area contributed by atoms with Crippen LogP contribution in [0.4, 0.5) is 10.1 Å². The molecule has 4 aromatic carbocycles. The number of halogens is 3. The third-order valence-corrected chi connectivity index (χ3v) is 9.19. The molecule has 11 heteroatoms. The van der Waals surface area contributed by atoms with Gasteiger partial charge in [-0.15, -0.1) is 0 Å². The van der Waals surface area contributed by atoms with Crippen LogP contribution in [0.5, 0.6) is 5.75 Å². The van der Waals surface area contributed by atoms with E-state index >= 15 is 4.39 Å². The first kappa shape index (κ1) is 31.5. The number of aromatic carboxylic acids is 1. The summed E-state index contributed by atoms with van der Waals surface area (Å²) in [5.41, 5.74) is 1.34. The summed E-state index contributed by atoms with van der Waals surface area (Å²) in [5.74, 6) is -3.78. The van der Waals surface area contributed by atoms with Crippen LogP contribution in [0.25, 0.3) is 0 Å². The maximum absolute atomic E-state index is 16.0. The van der Waals surface area contributed by atoms with Crippen LogP contribution in [-0.4, -0.2) is 40.9 Å². The molecule has 0 saturated carbocycles. The Balaban J connectivity index is 1.46. The van der Waals surface area contributed by atoms with Gasteiger partial charge in [0.2, 0.25) is 11.8 Å². The lowest BCUT2D eigenvalue weighted by Crippen LogP contribution is -2.50. The number of hydrogen-bond donors (Lipinski definition) is 3. The second-order valence-electron chi connectivity index (χ2n) is 11.3. The van der Waals surface area contributed by atoms with Gasteiger partial charge < -0.3 is 20.5 Å². The van der Waals surface area contributed by atoms with Crippen molar-refractivity contribution in [2.45, 2.75) is 31.5 Å². The molecule has 6 rings (SSSR count). The van der Waals surface area contributed by atoms with Crippen LogP contribution in [0.2, 0.25) is 10.0 Å². The fourth-order valence-electron chi connectivity index (χ4n) is 6.72. The average Bonchev–Trinajstić information content (AvgIpc) is 3.51. The molecule has 2 unspecified atom stereocenters. The number of carbonyl (C=O) groups excluding carboxylic acids is 2. The smallest absolute Gasteiger partial charge is 0.335 e. The van der Waals surface area contributed by atoms with Gasteiger partial charge in [-0.05, 0) is 66.1 Å². The van der Waals surface area contributed by atoms with Gasteiger partial charge in [-0.2, -0.15) is 0 Å². The van der Waals surface area contributed by atoms with Crippen molar-refractivity contribution in [3.05, 3.63) is 129 Å². The summed E-state index contributed by atoms with van der Waals surface area (Å²) >= 11 is 12.6. The van der Waals surface area contributed by atoms with Gasteiger partial charge in [0.15, 0.2) is 0 Å². The molecule has 3 atom stereocenters. The Hall–Kier alpha value is -4.44. The van der Waals surface area contributed by atoms with Crippen LogP contribution in [0.1, 0.15) is 45.5 Å². The number of hydrogen-bond acceptors (Lipinski definition) is 5. The van der Waals surface area contributed by atoms with Gasteiger partial charge in [0.1, 0.15) is 17.1 Å². The molecule has 1 spiro atoms. The first-order valence-corrected chi connectivity index (χ1v) is 15.5. The number of nitrogens with zero attached hydrogens (tertiary/aromatic N) is 1. The highest BCUT2D eigenvalue weighted by Crippen LogP contribution is 2.58. The van der Waals surface area contributed by atoms with Crippen molar-refractivity contribution in [1.29, 1.82) is 0 Å². The van der Waals surface area contributed by atoms with E-state index in [2.05, 4.69) is 10.6 Å². The molecule has 2 heterocycles. The van der Waals surface area contributed by atoms with Crippen molar-refractivity contribution in [3.8, 4) is 5.75 Å². The Kier molecular flexibility index (Phi) is 8.74. The minimum atomic E-state index is -1.50. The number of anilines is 1. The third-order valence-electron chi connectivity index (χ3n) is 8.66. The summed E-state index contributed by atoms with van der Waals surface area (Å²) in [6, 6.07) is 23.3. The number of carboxylic acids is 1. The molecule has 236 valence electrons. The molecule has 0 bridgehead atoms. The number of benzene rings is 4. The number of likely N-dealkylation sites (tertiary alicyclic amines) is 1. The van der Waals surface area contributed by atoms with Crippen molar-refractivity contribution in [2.75, 3.05) is 18.5 Å². The summed E-state index contributed by atoms with van der Waals surface area (Å²) in [7, 11) is 0. The predicted molar refractivity (Wildman–Crippen MR) is 173 cm³/mol. The van der Waals surface area contributed by atoms with E-state index in [9.17, 15) is 19.5 Å². The summed E-state index contributed by atoms with van der Waals surface area (Å²) < 4.78 is 21.8. The maximum atomic E-state index is 16.0. The Morgan fingerprint density at radius 1 is 1.04 bits per heavy atom. The van der Waals surface area contributed by atoms with Crippen LogP contribution in [0, 0.1) is 11.7 Å². The quantitative estimate of drug-likeness (QED) is 0.186. The van der Waals surface area contributed by atoms with Gasteiger partial charge in [0.05, 0.1) is 23.1 Å². The van der Waals surface area contributed by atoms with E-state index in [0.29, 0.717) is 34.2 Å². The topological polar surface area (TPSA) is 108 Å². The van der Waals surface area contributed by atoms with E-state index in [4.69, 9.17) is 27.9 Å². The zero-order valence-electron chi connectivity index (χ0n) is 24.7. The molecular weight excluding hydrogens is 632 g/mol. The highest BCUT2D eigenvalue weighted by atomic mass is 35.5. The SMILES string of the molecule is CCOc1cccc(CN2C[C@@H](C(=O)NCc3ccc(C(=O)O)cc3)C(c3cccc(Cl)c3F)C23C(=O)Nc2cc(Cl)ccc23)c1. The minimum Gasteiger partial charge on any atom is -0.494 e. The monoisotopic (exact) mass is 661 g/mol. The number of carboxylic acid groups (broad SMARTS) is 1. The number of carbonyl (C=O) groups is 3. The van der Waals surface area contributed by atoms with Crippen LogP contribution >= 0.6 is 23.2 Å². The number of rotatable bonds is 9. The van der Waals surface area contributed by atoms with Gasteiger partial charge in [-0.3, -0.25) is 14.5 Å². The zero-order valence-corrected chi connectivity index (χ0v) is 26.2. The maximum Gasteiger partial charge on any atom is 0.335 e. The van der Waals surface area contributed by atoms with E-state index in [1.807, 2.05) is 36.1 Å². The normalized spacial score (nSPS) is 20.4. The molecule has 0 radical (unpaired) electrons. The zero-order chi connectivity index (χ0) is 32.6. The lowest BCUT2D eigenvalue weighted by Gasteiger charge is -2.38. The molecule has 8 nitrogen and oxygen atoms in total. The Morgan fingerprint density at radius 3 is 2.54 bits per heavy atom. The van der Waals surface area contributed by atoms with E-state index in [0.717, 1.165) is 5.56 Å². The number of nitrogens with one attached hydrogen (secondary N) is 2. The van der Waals surface area contributed by atoms with Crippen molar-refractivity contribution in [3.63, 3.8) is 0 Å². The molecule has 1 fully saturated rings. The van der Waals surface area contributed by atoms with Crippen LogP contribution in [-0.2, 0) is 28.2 Å². The van der Waals surface area contributed by atoms with E-state index in [1.165, 1.54) is 18.2 Å². The van der Waals surface area contributed by atoms with E-state index < -0.39 is 41.0 Å². The third kappa shape index (κ3) is 5.59. The van der Waals surface area contributed by atoms with Crippen molar-refractivity contribution in [2.24, 2.45) is 5.92 Å². The molecule has 2 aliphatic heterocycles. The first-order chi connectivity index (χ1) is 22.1. The molecule has 2 aliphatic rings. The van der Waals surface area contributed by atoms with Crippen molar-refractivity contribution in [1.82, 2.24) is 10.2 Å². The van der Waals surface area contributed by atoms with Gasteiger partial charge in [0.25, 0.3) is 0 Å². The van der Waals surface area contributed by atoms with Crippen LogP contribution < -0.4 is 15.4 Å². The van der Waals surface area contributed by atoms with Crippen molar-refractivity contribution < 1.29 is 28.6 Å². The summed E-state index contributed by atoms with van der Waals surface area (Å²) in [6.45, 7) is 2.82. The van der Waals surface area contributed by atoms with Gasteiger partial charge >= 0.3 is 5.97 Å². The second kappa shape index (κ2) is 12.7. The lowest BCUT2D eigenvalue weighted by molar-refractivity contribution is -0.127. The minimum absolute atomic E-state index is 0.0990. The molecular formula is C35H30Cl2FN3O5. The van der Waals surface area contributed by atoms with Gasteiger partial charge in [0, 0.05) is 41.8 Å². The summed E-state index contributed by atoms with van der Waals surface area (Å²) in [4.78, 5) is 41.8. The first-order valence-electron chi connectivity index (χ1n) is 14.8. The molecule has 46 heavy (non-hydrogen) atoms. The Bertz CT molecular complexity index is 1840. The standard InChI is InChI=1S/C35H30Cl2FN3O5/c1-2-46-24-6-3-5-21(15-24)18-41-19-26(32(42)39-17-20-9-11-22(12-10-20)33(43)44)30(25-7-4-8-28(37)31(25)38)35(41)27-14-13-23(36)16-29(27)40-34(35)45/h3-16,26,30H,2,17-19H2,1H3,(H,39,42)(H,40,45)(H,43,44)/t26-,30?,35?/m1/s1. The van der Waals surface area contributed by atoms with Crippen LogP contribution in [0.15, 0.2) is 84.9 Å². The fraction of sp³-hybridized carbons (Fsp3) is 0.229. The average molecular weight is 663 g/mol. The highest BCUT2D eigenvalue weighted by Gasteiger charge is 2.65.